The van der Waals surface area contributed by atoms with E-state index in [1.54, 1.807) is 0 Å². The van der Waals surface area contributed by atoms with E-state index >= 15 is 0 Å². The number of para-hydroxylation sites is 1. The average molecular weight is 429 g/mol. The molecule has 2 N–H and O–H groups in total. The summed E-state index contributed by atoms with van der Waals surface area (Å²) in [5, 5.41) is 5.94. The van der Waals surface area contributed by atoms with Gasteiger partial charge in [-0.3, -0.25) is 9.59 Å². The molecule has 164 valence electrons. The van der Waals surface area contributed by atoms with Crippen LogP contribution in [-0.4, -0.2) is 18.4 Å². The van der Waals surface area contributed by atoms with Crippen LogP contribution in [0.1, 0.15) is 37.8 Å². The highest BCUT2D eigenvalue weighted by Gasteiger charge is 2.29. The minimum absolute atomic E-state index is 0.0687. The van der Waals surface area contributed by atoms with Crippen molar-refractivity contribution < 1.29 is 14.3 Å². The Morgan fingerprint density at radius 2 is 1.62 bits per heavy atom. The highest BCUT2D eigenvalue weighted by molar-refractivity contribution is 5.94. The second-order valence-electron chi connectivity index (χ2n) is 8.14. The second kappa shape index (κ2) is 10.1. The lowest BCUT2D eigenvalue weighted by Crippen LogP contribution is -2.27. The Bertz CT molecular complexity index is 1060. The first-order chi connectivity index (χ1) is 15.6. The predicted molar refractivity (Wildman–Crippen MR) is 126 cm³/mol. The number of nitrogens with one attached hydrogen (secondary N) is 2. The molecule has 1 aliphatic rings. The molecule has 5 nitrogen and oxygen atoms in total. The summed E-state index contributed by atoms with van der Waals surface area (Å²) in [5.74, 6) is 0.965. The van der Waals surface area contributed by atoms with Crippen molar-refractivity contribution in [3.63, 3.8) is 0 Å². The number of anilines is 1. The molecule has 0 aromatic heterocycles. The van der Waals surface area contributed by atoms with Gasteiger partial charge in [0, 0.05) is 17.2 Å². The fourth-order valence-electron chi connectivity index (χ4n) is 3.54. The summed E-state index contributed by atoms with van der Waals surface area (Å²) in [6, 6.07) is 25.4. The van der Waals surface area contributed by atoms with E-state index in [4.69, 9.17) is 4.74 Å². The van der Waals surface area contributed by atoms with Crippen LogP contribution in [0.25, 0.3) is 11.1 Å². The SMILES string of the molecule is C[C@@H](NC(=O)CCOc1ccccc1-c1ccccc1)c1ccc(NC(=O)C2CC2)cc1. The molecular formula is C27H28N2O3. The summed E-state index contributed by atoms with van der Waals surface area (Å²) in [4.78, 5) is 24.3. The van der Waals surface area contributed by atoms with Gasteiger partial charge in [-0.2, -0.15) is 0 Å². The summed E-state index contributed by atoms with van der Waals surface area (Å²) in [6.07, 6.45) is 2.23. The Morgan fingerprint density at radius 3 is 2.34 bits per heavy atom. The first kappa shape index (κ1) is 21.6. The van der Waals surface area contributed by atoms with E-state index in [0.717, 1.165) is 41.0 Å². The number of carbonyl (C=O) groups excluding carboxylic acids is 2. The Labute approximate surface area is 188 Å². The van der Waals surface area contributed by atoms with Gasteiger partial charge in [-0.25, -0.2) is 0 Å². The van der Waals surface area contributed by atoms with Crippen molar-refractivity contribution in [2.24, 2.45) is 5.92 Å². The Balaban J connectivity index is 1.26. The normalized spacial score (nSPS) is 13.8. The number of hydrogen-bond acceptors (Lipinski definition) is 3. The quantitative estimate of drug-likeness (QED) is 0.483. The second-order valence-corrected chi connectivity index (χ2v) is 8.14. The van der Waals surface area contributed by atoms with E-state index in [1.807, 2.05) is 85.8 Å². The Hall–Kier alpha value is -3.60. The lowest BCUT2D eigenvalue weighted by atomic mass is 10.1. The molecule has 3 aromatic carbocycles. The lowest BCUT2D eigenvalue weighted by Gasteiger charge is -2.16. The molecule has 0 bridgehead atoms. The van der Waals surface area contributed by atoms with Crippen molar-refractivity contribution in [3.8, 4) is 16.9 Å². The lowest BCUT2D eigenvalue weighted by molar-refractivity contribution is -0.122. The zero-order chi connectivity index (χ0) is 22.3. The minimum atomic E-state index is -0.132. The van der Waals surface area contributed by atoms with E-state index in [0.29, 0.717) is 6.61 Å². The molecule has 32 heavy (non-hydrogen) atoms. The monoisotopic (exact) mass is 428 g/mol. The molecule has 1 aliphatic carbocycles. The van der Waals surface area contributed by atoms with E-state index in [2.05, 4.69) is 10.6 Å². The molecule has 1 saturated carbocycles. The van der Waals surface area contributed by atoms with Gasteiger partial charge >= 0.3 is 0 Å². The number of amides is 2. The van der Waals surface area contributed by atoms with Crippen molar-refractivity contribution in [2.75, 3.05) is 11.9 Å². The summed E-state index contributed by atoms with van der Waals surface area (Å²) >= 11 is 0. The van der Waals surface area contributed by atoms with Gasteiger partial charge in [0.25, 0.3) is 0 Å². The van der Waals surface area contributed by atoms with Crippen molar-refractivity contribution in [3.05, 3.63) is 84.4 Å². The van der Waals surface area contributed by atoms with E-state index in [-0.39, 0.29) is 30.2 Å². The minimum Gasteiger partial charge on any atom is -0.492 e. The van der Waals surface area contributed by atoms with Crippen LogP contribution in [0.4, 0.5) is 5.69 Å². The molecule has 0 unspecified atom stereocenters. The van der Waals surface area contributed by atoms with Crippen LogP contribution in [0.2, 0.25) is 0 Å². The number of benzene rings is 3. The first-order valence-corrected chi connectivity index (χ1v) is 11.1. The van der Waals surface area contributed by atoms with Gasteiger partial charge in [0.15, 0.2) is 0 Å². The van der Waals surface area contributed by atoms with Gasteiger partial charge < -0.3 is 15.4 Å². The zero-order valence-electron chi connectivity index (χ0n) is 18.2. The molecule has 0 heterocycles. The maximum absolute atomic E-state index is 12.4. The molecule has 0 spiro atoms. The van der Waals surface area contributed by atoms with Gasteiger partial charge in [-0.05, 0) is 49.1 Å². The average Bonchev–Trinajstić information content (AvgIpc) is 3.66. The van der Waals surface area contributed by atoms with Crippen LogP contribution in [0, 0.1) is 5.92 Å². The molecule has 1 atom stereocenters. The molecule has 0 aliphatic heterocycles. The Morgan fingerprint density at radius 1 is 0.938 bits per heavy atom. The highest BCUT2D eigenvalue weighted by atomic mass is 16.5. The van der Waals surface area contributed by atoms with Gasteiger partial charge in [-0.1, -0.05) is 60.7 Å². The maximum atomic E-state index is 12.4. The molecule has 1 fully saturated rings. The summed E-state index contributed by atoms with van der Waals surface area (Å²) in [7, 11) is 0. The summed E-state index contributed by atoms with van der Waals surface area (Å²) < 4.78 is 5.93. The predicted octanol–water partition coefficient (Wildman–Crippen LogP) is 5.35. The number of ether oxygens (including phenoxy) is 1. The number of rotatable bonds is 9. The van der Waals surface area contributed by atoms with Crippen LogP contribution in [-0.2, 0) is 9.59 Å². The van der Waals surface area contributed by atoms with Gasteiger partial charge in [-0.15, -0.1) is 0 Å². The van der Waals surface area contributed by atoms with Crippen LogP contribution >= 0.6 is 0 Å². The van der Waals surface area contributed by atoms with E-state index < -0.39 is 0 Å². The van der Waals surface area contributed by atoms with Crippen molar-refractivity contribution in [1.29, 1.82) is 0 Å². The van der Waals surface area contributed by atoms with Gasteiger partial charge in [0.2, 0.25) is 11.8 Å². The van der Waals surface area contributed by atoms with E-state index in [1.165, 1.54) is 0 Å². The Kier molecular flexibility index (Phi) is 6.85. The van der Waals surface area contributed by atoms with Crippen molar-refractivity contribution >= 4 is 17.5 Å². The maximum Gasteiger partial charge on any atom is 0.227 e. The molecular weight excluding hydrogens is 400 g/mol. The topological polar surface area (TPSA) is 67.4 Å². The van der Waals surface area contributed by atoms with Crippen LogP contribution < -0.4 is 15.4 Å². The van der Waals surface area contributed by atoms with Crippen LogP contribution in [0.3, 0.4) is 0 Å². The summed E-state index contributed by atoms with van der Waals surface area (Å²) in [6.45, 7) is 2.25. The fourth-order valence-corrected chi connectivity index (χ4v) is 3.54. The van der Waals surface area contributed by atoms with Crippen molar-refractivity contribution in [2.45, 2.75) is 32.2 Å². The third-order valence-corrected chi connectivity index (χ3v) is 5.56. The van der Waals surface area contributed by atoms with Crippen LogP contribution in [0.15, 0.2) is 78.9 Å². The fraction of sp³-hybridized carbons (Fsp3) is 0.259. The molecule has 3 aromatic rings. The third-order valence-electron chi connectivity index (χ3n) is 5.56. The van der Waals surface area contributed by atoms with Gasteiger partial charge in [0.05, 0.1) is 19.1 Å². The first-order valence-electron chi connectivity index (χ1n) is 11.1. The molecule has 4 rings (SSSR count). The molecule has 0 radical (unpaired) electrons. The number of hydrogen-bond donors (Lipinski definition) is 2. The largest absolute Gasteiger partial charge is 0.492 e. The number of carbonyl (C=O) groups is 2. The van der Waals surface area contributed by atoms with Gasteiger partial charge in [0.1, 0.15) is 5.75 Å². The highest BCUT2D eigenvalue weighted by Crippen LogP contribution is 2.31. The third kappa shape index (κ3) is 5.76. The molecule has 2 amide bonds. The van der Waals surface area contributed by atoms with Crippen LogP contribution in [0.5, 0.6) is 5.75 Å². The standard InChI is InChI=1S/C27H28N2O3/c1-19(20-13-15-23(16-14-20)29-27(31)22-11-12-22)28-26(30)17-18-32-25-10-6-5-9-24(25)21-7-3-2-4-8-21/h2-10,13-16,19,22H,11-12,17-18H2,1H3,(H,28,30)(H,29,31)/t19-/m1/s1. The summed E-state index contributed by atoms with van der Waals surface area (Å²) in [5.41, 5.74) is 3.86. The van der Waals surface area contributed by atoms with Crippen molar-refractivity contribution in [1.82, 2.24) is 5.32 Å². The van der Waals surface area contributed by atoms with E-state index in [9.17, 15) is 9.59 Å². The molecule has 5 heteroatoms. The zero-order valence-corrected chi connectivity index (χ0v) is 18.2. The smallest absolute Gasteiger partial charge is 0.227 e. The molecule has 0 saturated heterocycles.